The highest BCUT2D eigenvalue weighted by atomic mass is 79.9. The molecule has 1 unspecified atom stereocenters. The number of unbranched alkanes of at least 4 members (excludes halogenated alkanes) is 1. The first-order chi connectivity index (χ1) is 18.1. The van der Waals surface area contributed by atoms with E-state index in [0.29, 0.717) is 17.9 Å². The first kappa shape index (κ1) is 26.8. The van der Waals surface area contributed by atoms with E-state index in [1.165, 1.54) is 12.6 Å². The lowest BCUT2D eigenvalue weighted by Gasteiger charge is -2.33. The second-order valence-corrected chi connectivity index (χ2v) is 10.1. The number of amides is 2. The third-order valence-electron chi connectivity index (χ3n) is 6.46. The van der Waals surface area contributed by atoms with Crippen molar-refractivity contribution in [3.8, 4) is 11.3 Å². The van der Waals surface area contributed by atoms with Crippen LogP contribution >= 0.6 is 15.9 Å². The van der Waals surface area contributed by atoms with Crippen LogP contribution in [0.15, 0.2) is 80.7 Å². The molecule has 2 aromatic carbocycles. The molecule has 37 heavy (non-hydrogen) atoms. The molecule has 1 aromatic heterocycles. The van der Waals surface area contributed by atoms with Gasteiger partial charge in [0.1, 0.15) is 11.5 Å². The molecule has 4 rings (SSSR count). The van der Waals surface area contributed by atoms with E-state index in [9.17, 15) is 9.59 Å². The van der Waals surface area contributed by atoms with Gasteiger partial charge in [-0.1, -0.05) is 52.7 Å². The van der Waals surface area contributed by atoms with Gasteiger partial charge < -0.3 is 9.73 Å². The molecule has 2 amide bonds. The summed E-state index contributed by atoms with van der Waals surface area (Å²) in [6, 6.07) is 20.6. The Morgan fingerprint density at radius 1 is 1.00 bits per heavy atom. The van der Waals surface area contributed by atoms with Crippen molar-refractivity contribution in [3.63, 3.8) is 0 Å². The number of nitrogens with one attached hydrogen (secondary N) is 2. The summed E-state index contributed by atoms with van der Waals surface area (Å²) in [4.78, 5) is 27.6. The highest BCUT2D eigenvalue weighted by Crippen LogP contribution is 2.24. The summed E-state index contributed by atoms with van der Waals surface area (Å²) >= 11 is 3.47. The van der Waals surface area contributed by atoms with Gasteiger partial charge in [-0.15, -0.1) is 0 Å². The third kappa shape index (κ3) is 8.13. The lowest BCUT2D eigenvalue weighted by molar-refractivity contribution is -0.127. The summed E-state index contributed by atoms with van der Waals surface area (Å²) in [5.41, 5.74) is 4.34. The Morgan fingerprint density at radius 3 is 2.59 bits per heavy atom. The van der Waals surface area contributed by atoms with E-state index in [-0.39, 0.29) is 17.9 Å². The first-order valence-corrected chi connectivity index (χ1v) is 13.7. The predicted molar refractivity (Wildman–Crippen MR) is 149 cm³/mol. The normalized spacial score (nSPS) is 14.9. The largest absolute Gasteiger partial charge is 0.455 e. The van der Waals surface area contributed by atoms with Crippen molar-refractivity contribution in [2.45, 2.75) is 44.6 Å². The summed E-state index contributed by atoms with van der Waals surface area (Å²) < 4.78 is 6.84. The summed E-state index contributed by atoms with van der Waals surface area (Å²) in [5.74, 6) is 1.13. The number of hydrazone groups is 1. The number of carbonyl (C=O) groups is 2. The van der Waals surface area contributed by atoms with Gasteiger partial charge in [0.05, 0.1) is 12.3 Å². The minimum atomic E-state index is -0.240. The standard InChI is InChI=1S/C29H33BrN4O3/c30-24-13-9-12-23(20-24)27-16-15-25(37-27)21-32-33-29(36)26(34-18-7-2-8-19-34)14-5-6-17-31-28(35)22-10-3-1-4-11-22/h1,3-4,9-13,15-16,20-21,26H,2,5-8,14,17-19H2,(H,31,35)(H,33,36). The molecule has 0 radical (unpaired) electrons. The maximum Gasteiger partial charge on any atom is 0.257 e. The molecular weight excluding hydrogens is 532 g/mol. The minimum absolute atomic E-state index is 0.0683. The fraction of sp³-hybridized carbons (Fsp3) is 0.345. The van der Waals surface area contributed by atoms with Gasteiger partial charge >= 0.3 is 0 Å². The number of halogens is 1. The van der Waals surface area contributed by atoms with Crippen molar-refractivity contribution in [1.82, 2.24) is 15.6 Å². The van der Waals surface area contributed by atoms with Crippen molar-refractivity contribution < 1.29 is 14.0 Å². The van der Waals surface area contributed by atoms with E-state index in [0.717, 1.165) is 61.0 Å². The van der Waals surface area contributed by atoms with E-state index in [2.05, 4.69) is 36.7 Å². The van der Waals surface area contributed by atoms with E-state index in [4.69, 9.17) is 4.42 Å². The van der Waals surface area contributed by atoms with Gasteiger partial charge in [0.15, 0.2) is 0 Å². The van der Waals surface area contributed by atoms with Gasteiger partial charge in [0.2, 0.25) is 0 Å². The van der Waals surface area contributed by atoms with Crippen LogP contribution in [0.1, 0.15) is 54.6 Å². The van der Waals surface area contributed by atoms with Crippen molar-refractivity contribution in [2.75, 3.05) is 19.6 Å². The summed E-state index contributed by atoms with van der Waals surface area (Å²) in [6.07, 6.45) is 7.30. The Kier molecular flexibility index (Phi) is 10.1. The summed E-state index contributed by atoms with van der Waals surface area (Å²) in [6.45, 7) is 2.42. The SMILES string of the molecule is O=C(NCCCCC(C(=O)NN=Cc1ccc(-c2cccc(Br)c2)o1)N1CCCCC1)c1ccccc1. The Balaban J connectivity index is 1.27. The molecule has 0 aliphatic carbocycles. The molecule has 2 N–H and O–H groups in total. The highest BCUT2D eigenvalue weighted by molar-refractivity contribution is 9.10. The van der Waals surface area contributed by atoms with Crippen LogP contribution in [0.2, 0.25) is 0 Å². The third-order valence-corrected chi connectivity index (χ3v) is 6.96. The average molecular weight is 566 g/mol. The number of hydrogen-bond donors (Lipinski definition) is 2. The van der Waals surface area contributed by atoms with Gasteiger partial charge in [0, 0.05) is 22.1 Å². The van der Waals surface area contributed by atoms with Gasteiger partial charge in [-0.25, -0.2) is 5.43 Å². The van der Waals surface area contributed by atoms with E-state index >= 15 is 0 Å². The average Bonchev–Trinajstić information content (AvgIpc) is 3.40. The zero-order valence-electron chi connectivity index (χ0n) is 20.9. The molecule has 2 heterocycles. The van der Waals surface area contributed by atoms with Crippen molar-refractivity contribution in [2.24, 2.45) is 5.10 Å². The molecule has 0 spiro atoms. The number of carbonyl (C=O) groups excluding carboxylic acids is 2. The zero-order chi connectivity index (χ0) is 25.9. The van der Waals surface area contributed by atoms with Crippen LogP contribution in [-0.4, -0.2) is 48.6 Å². The van der Waals surface area contributed by atoms with Crippen LogP contribution < -0.4 is 10.7 Å². The number of nitrogens with zero attached hydrogens (tertiary/aromatic N) is 2. The molecule has 0 bridgehead atoms. The molecular formula is C29H33BrN4O3. The van der Waals surface area contributed by atoms with Crippen LogP contribution in [0.25, 0.3) is 11.3 Å². The Hall–Kier alpha value is -3.23. The van der Waals surface area contributed by atoms with E-state index in [1.54, 1.807) is 12.1 Å². The van der Waals surface area contributed by atoms with Gasteiger partial charge in [-0.3, -0.25) is 14.5 Å². The molecule has 1 aliphatic heterocycles. The molecule has 8 heteroatoms. The van der Waals surface area contributed by atoms with Crippen molar-refractivity contribution in [1.29, 1.82) is 0 Å². The first-order valence-electron chi connectivity index (χ1n) is 12.9. The van der Waals surface area contributed by atoms with Crippen molar-refractivity contribution in [3.05, 3.63) is 82.5 Å². The Morgan fingerprint density at radius 2 is 1.81 bits per heavy atom. The number of benzene rings is 2. The molecule has 1 saturated heterocycles. The van der Waals surface area contributed by atoms with Crippen LogP contribution in [-0.2, 0) is 4.79 Å². The van der Waals surface area contributed by atoms with Crippen LogP contribution in [0.3, 0.4) is 0 Å². The molecule has 194 valence electrons. The number of likely N-dealkylation sites (tertiary alicyclic amines) is 1. The fourth-order valence-electron chi connectivity index (χ4n) is 4.52. The Bertz CT molecular complexity index is 1190. The molecule has 0 saturated carbocycles. The van der Waals surface area contributed by atoms with Gasteiger partial charge in [0.25, 0.3) is 11.8 Å². The number of furan rings is 1. The number of rotatable bonds is 11. The second kappa shape index (κ2) is 13.9. The second-order valence-electron chi connectivity index (χ2n) is 9.18. The lowest BCUT2D eigenvalue weighted by atomic mass is 10.0. The summed E-state index contributed by atoms with van der Waals surface area (Å²) in [7, 11) is 0. The fourth-order valence-corrected chi connectivity index (χ4v) is 4.92. The number of piperidine rings is 1. The molecule has 1 fully saturated rings. The van der Waals surface area contributed by atoms with Crippen molar-refractivity contribution >= 4 is 34.0 Å². The monoisotopic (exact) mass is 564 g/mol. The Labute approximate surface area is 226 Å². The zero-order valence-corrected chi connectivity index (χ0v) is 22.5. The predicted octanol–water partition coefficient (Wildman–Crippen LogP) is 5.61. The van der Waals surface area contributed by atoms with Gasteiger partial charge in [-0.05, 0) is 81.6 Å². The molecule has 1 aliphatic rings. The maximum absolute atomic E-state index is 13.1. The van der Waals surface area contributed by atoms with E-state index in [1.807, 2.05) is 54.6 Å². The van der Waals surface area contributed by atoms with Crippen LogP contribution in [0, 0.1) is 0 Å². The van der Waals surface area contributed by atoms with E-state index < -0.39 is 0 Å². The van der Waals surface area contributed by atoms with Gasteiger partial charge in [-0.2, -0.15) is 5.10 Å². The highest BCUT2D eigenvalue weighted by Gasteiger charge is 2.26. The topological polar surface area (TPSA) is 86.9 Å². The summed E-state index contributed by atoms with van der Waals surface area (Å²) in [5, 5.41) is 7.13. The maximum atomic E-state index is 13.1. The van der Waals surface area contributed by atoms with Crippen LogP contribution in [0.5, 0.6) is 0 Å². The lowest BCUT2D eigenvalue weighted by Crippen LogP contribution is -2.47. The van der Waals surface area contributed by atoms with Crippen LogP contribution in [0.4, 0.5) is 0 Å². The molecule has 7 nitrogen and oxygen atoms in total. The quantitative estimate of drug-likeness (QED) is 0.180. The smallest absolute Gasteiger partial charge is 0.257 e. The molecule has 1 atom stereocenters. The minimum Gasteiger partial charge on any atom is -0.455 e. The number of hydrogen-bond acceptors (Lipinski definition) is 5. The molecule has 3 aromatic rings.